The van der Waals surface area contributed by atoms with Gasteiger partial charge in [-0.15, -0.1) is 0 Å². The third-order valence-corrected chi connectivity index (χ3v) is 3.58. The Hall–Kier alpha value is -0.530. The molecule has 0 aromatic rings. The highest BCUT2D eigenvalue weighted by Crippen LogP contribution is 2.44. The first-order valence-electron chi connectivity index (χ1n) is 5.73. The van der Waals surface area contributed by atoms with Gasteiger partial charge < -0.3 is 23.7 Å². The molecule has 0 aromatic carbocycles. The summed E-state index contributed by atoms with van der Waals surface area (Å²) in [5, 5.41) is 0. The summed E-state index contributed by atoms with van der Waals surface area (Å²) >= 11 is 0. The largest absolute Gasteiger partial charge is 0.353 e. The molecule has 1 atom stereocenters. The zero-order chi connectivity index (χ0) is 14.0. The van der Waals surface area contributed by atoms with Crippen LogP contribution in [0.2, 0.25) is 0 Å². The second kappa shape index (κ2) is 5.22. The van der Waals surface area contributed by atoms with Crippen LogP contribution >= 0.6 is 0 Å². The molecule has 1 rings (SSSR count). The van der Waals surface area contributed by atoms with Crippen LogP contribution in [0, 0.1) is 0 Å². The van der Waals surface area contributed by atoms with Gasteiger partial charge in [0.2, 0.25) is 0 Å². The number of hydrogen-bond acceptors (Lipinski definition) is 6. The molecule has 1 heterocycles. The highest BCUT2D eigenvalue weighted by Gasteiger charge is 2.58. The molecule has 106 valence electrons. The third-order valence-electron chi connectivity index (χ3n) is 3.58. The first-order valence-corrected chi connectivity index (χ1v) is 5.73. The lowest BCUT2D eigenvalue weighted by Crippen LogP contribution is -2.62. The summed E-state index contributed by atoms with van der Waals surface area (Å²) in [6, 6.07) is 0. The summed E-state index contributed by atoms with van der Waals surface area (Å²) in [7, 11) is 5.94. The van der Waals surface area contributed by atoms with Gasteiger partial charge in [0.05, 0.1) is 6.42 Å². The Kier molecular flexibility index (Phi) is 4.51. The maximum absolute atomic E-state index is 11.8. The molecule has 0 spiro atoms. The SMILES string of the molecule is COC1(OC)CC(OC)(OC)O[C@](C)(C(C)=O)C1. The van der Waals surface area contributed by atoms with Gasteiger partial charge in [-0.2, -0.15) is 0 Å². The Balaban J connectivity index is 3.18. The predicted octanol–water partition coefficient (Wildman–Crippen LogP) is 1.08. The van der Waals surface area contributed by atoms with Crippen LogP contribution in [0.4, 0.5) is 0 Å². The van der Waals surface area contributed by atoms with Crippen molar-refractivity contribution >= 4 is 5.78 Å². The van der Waals surface area contributed by atoms with Gasteiger partial charge in [-0.25, -0.2) is 0 Å². The van der Waals surface area contributed by atoms with Crippen LogP contribution in [0.15, 0.2) is 0 Å². The maximum Gasteiger partial charge on any atom is 0.288 e. The quantitative estimate of drug-likeness (QED) is 0.691. The van der Waals surface area contributed by atoms with Crippen molar-refractivity contribution in [2.45, 2.75) is 44.1 Å². The predicted molar refractivity (Wildman–Crippen MR) is 62.9 cm³/mol. The van der Waals surface area contributed by atoms with Gasteiger partial charge in [0, 0.05) is 34.9 Å². The summed E-state index contributed by atoms with van der Waals surface area (Å²) in [6.45, 7) is 3.13. The Morgan fingerprint density at radius 3 is 1.83 bits per heavy atom. The fourth-order valence-corrected chi connectivity index (χ4v) is 2.20. The third kappa shape index (κ3) is 2.57. The molecule has 0 saturated carbocycles. The first-order chi connectivity index (χ1) is 8.31. The summed E-state index contributed by atoms with van der Waals surface area (Å²) in [5.41, 5.74) is -1.09. The second-order valence-electron chi connectivity index (χ2n) is 4.65. The Morgan fingerprint density at radius 1 is 1.00 bits per heavy atom. The van der Waals surface area contributed by atoms with E-state index in [1.165, 1.54) is 35.4 Å². The molecule has 0 unspecified atom stereocenters. The van der Waals surface area contributed by atoms with Crippen molar-refractivity contribution in [1.29, 1.82) is 0 Å². The van der Waals surface area contributed by atoms with Crippen LogP contribution in [0.1, 0.15) is 26.7 Å². The Labute approximate surface area is 107 Å². The molecule has 0 N–H and O–H groups in total. The Bertz CT molecular complexity index is 286. The minimum atomic E-state index is -1.36. The van der Waals surface area contributed by atoms with E-state index >= 15 is 0 Å². The van der Waals surface area contributed by atoms with Crippen LogP contribution in [-0.2, 0) is 28.5 Å². The van der Waals surface area contributed by atoms with E-state index < -0.39 is 17.4 Å². The van der Waals surface area contributed by atoms with E-state index in [0.29, 0.717) is 0 Å². The van der Waals surface area contributed by atoms with Crippen molar-refractivity contribution in [3.63, 3.8) is 0 Å². The van der Waals surface area contributed by atoms with Crippen molar-refractivity contribution in [2.75, 3.05) is 28.4 Å². The fraction of sp³-hybridized carbons (Fsp3) is 0.917. The van der Waals surface area contributed by atoms with Crippen molar-refractivity contribution in [1.82, 2.24) is 0 Å². The van der Waals surface area contributed by atoms with E-state index in [2.05, 4.69) is 0 Å². The number of ketones is 1. The average Bonchev–Trinajstić information content (AvgIpc) is 2.37. The molecular formula is C12H22O6. The first kappa shape index (κ1) is 15.5. The molecule has 1 aliphatic heterocycles. The highest BCUT2D eigenvalue weighted by atomic mass is 16.9. The van der Waals surface area contributed by atoms with Gasteiger partial charge >= 0.3 is 0 Å². The van der Waals surface area contributed by atoms with E-state index in [9.17, 15) is 4.79 Å². The van der Waals surface area contributed by atoms with E-state index in [-0.39, 0.29) is 18.6 Å². The van der Waals surface area contributed by atoms with Crippen LogP contribution in [-0.4, -0.2) is 51.6 Å². The van der Waals surface area contributed by atoms with Crippen LogP contribution < -0.4 is 0 Å². The highest BCUT2D eigenvalue weighted by molar-refractivity contribution is 5.84. The summed E-state index contributed by atoms with van der Waals surface area (Å²) in [5.74, 6) is -2.48. The molecule has 6 nitrogen and oxygen atoms in total. The molecule has 0 radical (unpaired) electrons. The molecule has 1 aliphatic rings. The molecular weight excluding hydrogens is 240 g/mol. The molecule has 6 heteroatoms. The molecule has 0 amide bonds. The van der Waals surface area contributed by atoms with E-state index in [1.807, 2.05) is 0 Å². The van der Waals surface area contributed by atoms with Crippen molar-refractivity contribution in [3.05, 3.63) is 0 Å². The van der Waals surface area contributed by atoms with Gasteiger partial charge in [-0.1, -0.05) is 0 Å². The number of hydrogen-bond donors (Lipinski definition) is 0. The fourth-order valence-electron chi connectivity index (χ4n) is 2.20. The zero-order valence-electron chi connectivity index (χ0n) is 11.9. The van der Waals surface area contributed by atoms with Crippen molar-refractivity contribution in [3.8, 4) is 0 Å². The topological polar surface area (TPSA) is 63.2 Å². The molecule has 1 fully saturated rings. The van der Waals surface area contributed by atoms with Gasteiger partial charge in [-0.3, -0.25) is 4.79 Å². The summed E-state index contributed by atoms with van der Waals surface area (Å²) in [4.78, 5) is 11.8. The normalized spacial score (nSPS) is 30.1. The summed E-state index contributed by atoms with van der Waals surface area (Å²) < 4.78 is 27.1. The van der Waals surface area contributed by atoms with E-state index in [4.69, 9.17) is 23.7 Å². The van der Waals surface area contributed by atoms with E-state index in [0.717, 1.165) is 0 Å². The molecule has 0 bridgehead atoms. The Morgan fingerprint density at radius 2 is 1.50 bits per heavy atom. The second-order valence-corrected chi connectivity index (χ2v) is 4.65. The van der Waals surface area contributed by atoms with Gasteiger partial charge in [0.25, 0.3) is 5.97 Å². The molecule has 1 saturated heterocycles. The van der Waals surface area contributed by atoms with Crippen LogP contribution in [0.5, 0.6) is 0 Å². The minimum absolute atomic E-state index is 0.140. The van der Waals surface area contributed by atoms with Gasteiger partial charge in [-0.05, 0) is 13.8 Å². The number of carbonyl (C=O) groups is 1. The van der Waals surface area contributed by atoms with Crippen molar-refractivity contribution in [2.24, 2.45) is 0 Å². The maximum atomic E-state index is 11.8. The van der Waals surface area contributed by atoms with E-state index in [1.54, 1.807) is 6.92 Å². The van der Waals surface area contributed by atoms with Crippen LogP contribution in [0.25, 0.3) is 0 Å². The lowest BCUT2D eigenvalue weighted by Gasteiger charge is -2.50. The lowest BCUT2D eigenvalue weighted by molar-refractivity contribution is -0.447. The molecule has 0 aromatic heterocycles. The number of methoxy groups -OCH3 is 4. The molecule has 0 aliphatic carbocycles. The zero-order valence-corrected chi connectivity index (χ0v) is 11.9. The number of Topliss-reactive ketones (excluding diaryl/α,β-unsaturated/α-hetero) is 1. The van der Waals surface area contributed by atoms with Crippen molar-refractivity contribution < 1.29 is 28.5 Å². The van der Waals surface area contributed by atoms with Crippen LogP contribution in [0.3, 0.4) is 0 Å². The van der Waals surface area contributed by atoms with Gasteiger partial charge in [0.1, 0.15) is 5.60 Å². The standard InChI is InChI=1S/C12H22O6/c1-9(13)10(2)7-11(14-3,15-4)8-12(16-5,17-6)18-10/h7-8H2,1-6H3/t10-/m0/s1. The molecule has 18 heavy (non-hydrogen) atoms. The number of rotatable bonds is 5. The lowest BCUT2D eigenvalue weighted by atomic mass is 9.86. The number of ether oxygens (including phenoxy) is 5. The summed E-state index contributed by atoms with van der Waals surface area (Å²) in [6.07, 6.45) is 0.486. The monoisotopic (exact) mass is 262 g/mol. The smallest absolute Gasteiger partial charge is 0.288 e. The number of carbonyl (C=O) groups excluding carboxylic acids is 1. The average molecular weight is 262 g/mol. The minimum Gasteiger partial charge on any atom is -0.353 e. The van der Waals surface area contributed by atoms with Gasteiger partial charge in [0.15, 0.2) is 11.6 Å².